The number of rotatable bonds is 0. The Morgan fingerprint density at radius 2 is 1.29 bits per heavy atom. The first kappa shape index (κ1) is 15.6. The van der Waals surface area contributed by atoms with Crippen LogP contribution in [0.3, 0.4) is 0 Å². The van der Waals surface area contributed by atoms with E-state index in [0.29, 0.717) is 0 Å². The van der Waals surface area contributed by atoms with Crippen LogP contribution in [0, 0.1) is 6.92 Å². The summed E-state index contributed by atoms with van der Waals surface area (Å²) in [4.78, 5) is 0. The van der Waals surface area contributed by atoms with E-state index in [9.17, 15) is 0 Å². The molecule has 0 amide bonds. The maximum atomic E-state index is 4.94. The molecule has 0 fully saturated rings. The Balaban J connectivity index is -0.0000000480. The molecule has 0 rings (SSSR count). The van der Waals surface area contributed by atoms with Gasteiger partial charge in [-0.1, -0.05) is 0 Å². The number of hydrogen-bond acceptors (Lipinski definition) is 2. The van der Waals surface area contributed by atoms with Crippen molar-refractivity contribution in [3.05, 3.63) is 6.92 Å². The number of nitrogens with zero attached hydrogens (tertiary/aromatic N) is 1. The maximum absolute atomic E-state index is 4.94. The van der Waals surface area contributed by atoms with Crippen LogP contribution in [0.4, 0.5) is 0 Å². The molecule has 2 N–H and O–H groups in total. The normalized spacial score (nSPS) is 6.00. The predicted molar refractivity (Wildman–Crippen MR) is 28.9 cm³/mol. The minimum absolute atomic E-state index is 0. The van der Waals surface area contributed by atoms with Crippen LogP contribution in [0.1, 0.15) is 6.92 Å². The summed E-state index contributed by atoms with van der Waals surface area (Å²) in [6.07, 6.45) is 0. The molecular weight excluding hydrogens is 141 g/mol. The average molecular weight is 155 g/mol. The molecule has 0 heterocycles. The van der Waals surface area contributed by atoms with Crippen molar-refractivity contribution < 1.29 is 19.5 Å². The third-order valence-corrected chi connectivity index (χ3v) is 0. The Bertz CT molecular complexity index is 14.4. The van der Waals surface area contributed by atoms with Crippen molar-refractivity contribution in [2.75, 3.05) is 14.1 Å². The van der Waals surface area contributed by atoms with Gasteiger partial charge in [0.25, 0.3) is 0 Å². The quantitative estimate of drug-likeness (QED) is 0.235. The summed E-state index contributed by atoms with van der Waals surface area (Å²) in [6.45, 7) is 5.00. The summed E-state index contributed by atoms with van der Waals surface area (Å²) in [6, 6.07) is 0. The van der Waals surface area contributed by atoms with Gasteiger partial charge >= 0.3 is 19.5 Å². The summed E-state index contributed by atoms with van der Waals surface area (Å²) in [7, 11) is 3.56. The van der Waals surface area contributed by atoms with Gasteiger partial charge in [-0.3, -0.25) is 10.9 Å². The molecule has 2 nitrogen and oxygen atoms in total. The molecule has 40 valence electrons. The van der Waals surface area contributed by atoms with Gasteiger partial charge in [0.05, 0.1) is 0 Å². The Labute approximate surface area is 58.8 Å². The molecule has 0 aliphatic heterocycles. The van der Waals surface area contributed by atoms with Gasteiger partial charge < -0.3 is 6.92 Å². The zero-order valence-corrected chi connectivity index (χ0v) is 8.41. The molecule has 0 aliphatic rings. The third-order valence-electron chi connectivity index (χ3n) is 0. The van der Waals surface area contributed by atoms with Crippen molar-refractivity contribution in [2.24, 2.45) is 5.84 Å². The first-order chi connectivity index (χ1) is 2.73. The molecule has 3 heteroatoms. The second-order valence-electron chi connectivity index (χ2n) is 0.964. The summed E-state index contributed by atoms with van der Waals surface area (Å²) in [5.74, 6) is 4.94. The molecule has 0 spiro atoms. The van der Waals surface area contributed by atoms with Gasteiger partial charge in [-0.05, 0) is 0 Å². The van der Waals surface area contributed by atoms with E-state index in [1.54, 1.807) is 21.0 Å². The minimum atomic E-state index is 0. The molecule has 0 radical (unpaired) electrons. The molecule has 0 unspecified atom stereocenters. The van der Waals surface area contributed by atoms with Crippen LogP contribution in [-0.2, 0) is 19.5 Å². The molecule has 0 aromatic rings. The van der Waals surface area contributed by atoms with Gasteiger partial charge in [0, 0.05) is 14.1 Å². The molecule has 7 heavy (non-hydrogen) atoms. The van der Waals surface area contributed by atoms with Gasteiger partial charge in [-0.15, -0.1) is 0 Å². The zero-order valence-electron chi connectivity index (χ0n) is 5.44. The first-order valence-corrected chi connectivity index (χ1v) is 1.86. The Kier molecular flexibility index (Phi) is 35.8. The van der Waals surface area contributed by atoms with E-state index in [-0.39, 0.29) is 19.5 Å². The topological polar surface area (TPSA) is 29.3 Å². The van der Waals surface area contributed by atoms with Crippen molar-refractivity contribution in [2.45, 2.75) is 6.92 Å². The van der Waals surface area contributed by atoms with Gasteiger partial charge in [0.2, 0.25) is 0 Å². The Morgan fingerprint density at radius 1 is 1.29 bits per heavy atom. The van der Waals surface area contributed by atoms with Crippen LogP contribution >= 0.6 is 0 Å². The second-order valence-corrected chi connectivity index (χ2v) is 0.964. The van der Waals surface area contributed by atoms with Crippen LogP contribution in [0.5, 0.6) is 0 Å². The molecule has 0 saturated heterocycles. The van der Waals surface area contributed by atoms with Crippen LogP contribution in [0.15, 0.2) is 0 Å². The summed E-state index contributed by atoms with van der Waals surface area (Å²) >= 11 is 0. The molecule has 0 saturated carbocycles. The Morgan fingerprint density at radius 3 is 1.29 bits per heavy atom. The van der Waals surface area contributed by atoms with Crippen molar-refractivity contribution in [3.8, 4) is 0 Å². The maximum Gasteiger partial charge on any atom is 2.00 e. The van der Waals surface area contributed by atoms with Gasteiger partial charge in [0.15, 0.2) is 0 Å². The average Bonchev–Trinajstić information content (AvgIpc) is 1.41. The number of hydrogen-bond donors (Lipinski definition) is 1. The van der Waals surface area contributed by atoms with Crippen LogP contribution in [0.25, 0.3) is 0 Å². The molecule has 0 aliphatic carbocycles. The fourth-order valence-corrected chi connectivity index (χ4v) is 0. The number of hydrazine groups is 1. The first-order valence-electron chi connectivity index (χ1n) is 1.86. The molecule has 0 bridgehead atoms. The second kappa shape index (κ2) is 16.0. The van der Waals surface area contributed by atoms with E-state index in [1.807, 2.05) is 0 Å². The zero-order chi connectivity index (χ0) is 5.58. The number of nitrogens with two attached hydrogens (primary N) is 1. The molecule has 0 aromatic heterocycles. The Hall–Kier alpha value is 0.543. The smallest absolute Gasteiger partial charge is 0.346 e. The van der Waals surface area contributed by atoms with Gasteiger partial charge in [0.1, 0.15) is 0 Å². The van der Waals surface area contributed by atoms with E-state index in [1.165, 1.54) is 5.01 Å². The van der Waals surface area contributed by atoms with E-state index in [0.717, 1.165) is 0 Å². The van der Waals surface area contributed by atoms with Crippen LogP contribution in [0.2, 0.25) is 0 Å². The largest absolute Gasteiger partial charge is 2.00 e. The monoisotopic (exact) mass is 153 g/mol. The third kappa shape index (κ3) is 457. The van der Waals surface area contributed by atoms with Crippen molar-refractivity contribution >= 4 is 0 Å². The minimum Gasteiger partial charge on any atom is -0.346 e. The van der Waals surface area contributed by atoms with Crippen molar-refractivity contribution in [1.29, 1.82) is 0 Å². The van der Waals surface area contributed by atoms with Crippen LogP contribution in [-0.4, -0.2) is 19.1 Å². The molecule has 0 aromatic carbocycles. The fraction of sp³-hybridized carbons (Fsp3) is 0.750. The molecular formula is C4H13N2Zn+. The summed E-state index contributed by atoms with van der Waals surface area (Å²) in [5.41, 5.74) is 0. The fourth-order valence-electron chi connectivity index (χ4n) is 0. The predicted octanol–water partition coefficient (Wildman–Crippen LogP) is 0.260. The van der Waals surface area contributed by atoms with E-state index >= 15 is 0 Å². The van der Waals surface area contributed by atoms with Crippen LogP contribution < -0.4 is 5.84 Å². The van der Waals surface area contributed by atoms with E-state index < -0.39 is 0 Å². The molecule has 0 atom stereocenters. The van der Waals surface area contributed by atoms with E-state index in [2.05, 4.69) is 6.92 Å². The summed E-state index contributed by atoms with van der Waals surface area (Å²) in [5, 5.41) is 1.50. The standard InChI is InChI=1S/C2H8N2.C2H5.Zn/c1-4(2)3;1-2;/h3H2,1-2H3;1H2,2H3;/q;-1;+2. The van der Waals surface area contributed by atoms with Gasteiger partial charge in [-0.2, -0.15) is 6.92 Å². The van der Waals surface area contributed by atoms with Gasteiger partial charge in [-0.25, -0.2) is 0 Å². The van der Waals surface area contributed by atoms with E-state index in [4.69, 9.17) is 5.84 Å². The SMILES string of the molecule is CN(C)N.[CH2-]C.[Zn+2]. The van der Waals surface area contributed by atoms with Crippen molar-refractivity contribution in [1.82, 2.24) is 5.01 Å². The summed E-state index contributed by atoms with van der Waals surface area (Å²) < 4.78 is 0. The van der Waals surface area contributed by atoms with Crippen molar-refractivity contribution in [3.63, 3.8) is 0 Å².